The van der Waals surface area contributed by atoms with Crippen LogP contribution in [0.1, 0.15) is 35.2 Å². The number of aryl methyl sites for hydroxylation is 1. The van der Waals surface area contributed by atoms with E-state index in [1.54, 1.807) is 24.0 Å². The Kier molecular flexibility index (Phi) is 4.90. The summed E-state index contributed by atoms with van der Waals surface area (Å²) in [4.78, 5) is 14.3. The number of amides is 1. The highest BCUT2D eigenvalue weighted by Crippen LogP contribution is 2.51. The molecule has 1 spiro atoms. The van der Waals surface area contributed by atoms with Crippen LogP contribution in [0.4, 0.5) is 4.39 Å². The molecule has 1 saturated heterocycles. The number of carbonyl (C=O) groups excluding carboxylic acids is 1. The number of hydrogen-bond donors (Lipinski definition) is 2. The van der Waals surface area contributed by atoms with E-state index >= 15 is 0 Å². The van der Waals surface area contributed by atoms with Gasteiger partial charge in [-0.1, -0.05) is 6.07 Å². The molecule has 3 rings (SSSR count). The lowest BCUT2D eigenvalue weighted by Gasteiger charge is -2.56. The summed E-state index contributed by atoms with van der Waals surface area (Å²) in [6.07, 6.45) is 1.41. The minimum atomic E-state index is -0.421. The van der Waals surface area contributed by atoms with Crippen LogP contribution in [0.25, 0.3) is 0 Å². The molecule has 1 amide bonds. The Bertz CT molecular complexity index is 613. The fourth-order valence-electron chi connectivity index (χ4n) is 3.85. The number of ether oxygens (including phenoxy) is 1. The van der Waals surface area contributed by atoms with E-state index in [9.17, 15) is 14.3 Å². The highest BCUT2D eigenvalue weighted by Gasteiger charge is 2.56. The number of hydrogen-bond acceptors (Lipinski definition) is 4. The van der Waals surface area contributed by atoms with Crippen molar-refractivity contribution in [1.29, 1.82) is 0 Å². The fourth-order valence-corrected chi connectivity index (χ4v) is 3.85. The highest BCUT2D eigenvalue weighted by atomic mass is 19.1. The van der Waals surface area contributed by atoms with Gasteiger partial charge >= 0.3 is 0 Å². The summed E-state index contributed by atoms with van der Waals surface area (Å²) in [7, 11) is 0. The first kappa shape index (κ1) is 17.3. The van der Waals surface area contributed by atoms with Gasteiger partial charge in [-0.15, -0.1) is 0 Å². The van der Waals surface area contributed by atoms with Crippen molar-refractivity contribution in [3.05, 3.63) is 35.1 Å². The second kappa shape index (κ2) is 6.78. The topological polar surface area (TPSA) is 70.0 Å². The van der Waals surface area contributed by atoms with Gasteiger partial charge in [-0.2, -0.15) is 0 Å². The van der Waals surface area contributed by atoms with E-state index < -0.39 is 6.10 Å². The zero-order chi connectivity index (χ0) is 17.3. The highest BCUT2D eigenvalue weighted by molar-refractivity contribution is 5.94. The molecule has 1 aliphatic heterocycles. The van der Waals surface area contributed by atoms with Gasteiger partial charge in [0.1, 0.15) is 5.82 Å². The third kappa shape index (κ3) is 2.94. The van der Waals surface area contributed by atoms with Crippen LogP contribution in [0.5, 0.6) is 0 Å². The van der Waals surface area contributed by atoms with Gasteiger partial charge in [-0.05, 0) is 37.5 Å². The smallest absolute Gasteiger partial charge is 0.253 e. The molecule has 2 N–H and O–H groups in total. The molecule has 1 aromatic carbocycles. The van der Waals surface area contributed by atoms with Crippen LogP contribution in [0, 0.1) is 18.2 Å². The molecule has 132 valence electrons. The average Bonchev–Trinajstić information content (AvgIpc) is 2.60. The quantitative estimate of drug-likeness (QED) is 0.874. The number of carbonyl (C=O) groups is 1. The lowest BCUT2D eigenvalue weighted by atomic mass is 9.58. The predicted octanol–water partition coefficient (Wildman–Crippen LogP) is 1.50. The zero-order valence-electron chi connectivity index (χ0n) is 13.9. The number of benzene rings is 1. The van der Waals surface area contributed by atoms with Crippen molar-refractivity contribution in [2.75, 3.05) is 26.3 Å². The van der Waals surface area contributed by atoms with Crippen molar-refractivity contribution >= 4 is 5.91 Å². The minimum absolute atomic E-state index is 0.0354. The molecule has 0 bridgehead atoms. The summed E-state index contributed by atoms with van der Waals surface area (Å²) in [5.41, 5.74) is 0.562. The van der Waals surface area contributed by atoms with Gasteiger partial charge in [-0.3, -0.25) is 4.79 Å². The molecule has 0 radical (unpaired) electrons. The van der Waals surface area contributed by atoms with E-state index in [1.165, 1.54) is 6.07 Å². The lowest BCUT2D eigenvalue weighted by Crippen LogP contribution is -2.62. The van der Waals surface area contributed by atoms with Crippen LogP contribution < -0.4 is 0 Å². The maximum Gasteiger partial charge on any atom is 0.253 e. The van der Waals surface area contributed by atoms with Gasteiger partial charge in [0.25, 0.3) is 5.91 Å². The molecule has 2 aliphatic rings. The third-order valence-corrected chi connectivity index (χ3v) is 5.55. The van der Waals surface area contributed by atoms with Crippen molar-refractivity contribution in [1.82, 2.24) is 4.90 Å². The molecule has 24 heavy (non-hydrogen) atoms. The van der Waals surface area contributed by atoms with E-state index in [2.05, 4.69) is 0 Å². The van der Waals surface area contributed by atoms with Gasteiger partial charge in [0.05, 0.1) is 25.4 Å². The predicted molar refractivity (Wildman–Crippen MR) is 86.2 cm³/mol. The first-order valence-corrected chi connectivity index (χ1v) is 8.44. The Balaban J connectivity index is 1.64. The molecule has 2 fully saturated rings. The van der Waals surface area contributed by atoms with E-state index in [-0.39, 0.29) is 36.5 Å². The summed E-state index contributed by atoms with van der Waals surface area (Å²) < 4.78 is 19.3. The summed E-state index contributed by atoms with van der Waals surface area (Å²) in [6.45, 7) is 2.93. The molecule has 1 aliphatic carbocycles. The number of likely N-dealkylation sites (tertiary alicyclic amines) is 1. The van der Waals surface area contributed by atoms with Crippen LogP contribution in [0.3, 0.4) is 0 Å². The van der Waals surface area contributed by atoms with Crippen LogP contribution in [0.2, 0.25) is 0 Å². The summed E-state index contributed by atoms with van der Waals surface area (Å²) >= 11 is 0. The molecule has 1 saturated carbocycles. The molecular weight excluding hydrogens is 313 g/mol. The molecule has 0 unspecified atom stereocenters. The molecule has 2 atom stereocenters. The van der Waals surface area contributed by atoms with Gasteiger partial charge < -0.3 is 19.8 Å². The van der Waals surface area contributed by atoms with E-state index in [1.807, 2.05) is 0 Å². The first-order chi connectivity index (χ1) is 11.5. The molecule has 1 aromatic rings. The number of piperidine rings is 1. The fraction of sp³-hybridized carbons (Fsp3) is 0.611. The Morgan fingerprint density at radius 1 is 1.42 bits per heavy atom. The van der Waals surface area contributed by atoms with Crippen LogP contribution in [-0.4, -0.2) is 59.5 Å². The SMILES string of the molecule is Cc1ccc(C(=O)N2CCC3(CC2)[C@@H](O)C[C@H]3OCCO)cc1F. The van der Waals surface area contributed by atoms with Gasteiger partial charge in [0, 0.05) is 30.5 Å². The Morgan fingerprint density at radius 2 is 2.12 bits per heavy atom. The monoisotopic (exact) mass is 337 g/mol. The second-order valence-corrected chi connectivity index (χ2v) is 6.82. The van der Waals surface area contributed by atoms with E-state index in [0.717, 1.165) is 0 Å². The second-order valence-electron chi connectivity index (χ2n) is 6.82. The lowest BCUT2D eigenvalue weighted by molar-refractivity contribution is -0.211. The van der Waals surface area contributed by atoms with Gasteiger partial charge in [-0.25, -0.2) is 4.39 Å². The van der Waals surface area contributed by atoms with Gasteiger partial charge in [0.15, 0.2) is 0 Å². The summed E-state index contributed by atoms with van der Waals surface area (Å²) in [5, 5.41) is 19.1. The minimum Gasteiger partial charge on any atom is -0.394 e. The summed E-state index contributed by atoms with van der Waals surface area (Å²) in [5.74, 6) is -0.549. The number of aliphatic hydroxyl groups excluding tert-OH is 2. The third-order valence-electron chi connectivity index (χ3n) is 5.55. The number of nitrogens with zero attached hydrogens (tertiary/aromatic N) is 1. The standard InChI is InChI=1S/C18H24FNO4/c1-12-2-3-13(10-14(12)19)17(23)20-6-4-18(5-7-20)15(22)11-16(18)24-9-8-21/h2-3,10,15-16,21-22H,4-9,11H2,1H3/t15-,16+/m0/s1. The number of halogens is 1. The van der Waals surface area contributed by atoms with Crippen molar-refractivity contribution in [3.8, 4) is 0 Å². The zero-order valence-corrected chi connectivity index (χ0v) is 13.9. The number of rotatable bonds is 4. The molecule has 1 heterocycles. The van der Waals surface area contributed by atoms with Crippen LogP contribution in [0.15, 0.2) is 18.2 Å². The van der Waals surface area contributed by atoms with Crippen molar-refractivity contribution in [2.24, 2.45) is 5.41 Å². The van der Waals surface area contributed by atoms with Crippen LogP contribution >= 0.6 is 0 Å². The molecular formula is C18H24FNO4. The number of aliphatic hydroxyl groups is 2. The Hall–Kier alpha value is -1.50. The molecule has 5 nitrogen and oxygen atoms in total. The van der Waals surface area contributed by atoms with Crippen molar-refractivity contribution in [3.63, 3.8) is 0 Å². The normalized spacial score (nSPS) is 25.6. The molecule has 6 heteroatoms. The maximum atomic E-state index is 13.7. The van der Waals surface area contributed by atoms with Crippen LogP contribution in [-0.2, 0) is 4.74 Å². The first-order valence-electron chi connectivity index (χ1n) is 8.44. The van der Waals surface area contributed by atoms with E-state index in [0.29, 0.717) is 43.5 Å². The Morgan fingerprint density at radius 3 is 2.71 bits per heavy atom. The largest absolute Gasteiger partial charge is 0.394 e. The van der Waals surface area contributed by atoms with Crippen molar-refractivity contribution < 1.29 is 24.1 Å². The summed E-state index contributed by atoms with van der Waals surface area (Å²) in [6, 6.07) is 4.55. The Labute approximate surface area is 141 Å². The van der Waals surface area contributed by atoms with Gasteiger partial charge in [0.2, 0.25) is 0 Å². The molecule has 0 aromatic heterocycles. The maximum absolute atomic E-state index is 13.7. The van der Waals surface area contributed by atoms with E-state index in [4.69, 9.17) is 9.84 Å². The van der Waals surface area contributed by atoms with Crippen molar-refractivity contribution in [2.45, 2.75) is 38.4 Å². The average molecular weight is 337 g/mol.